The highest BCUT2D eigenvalue weighted by Gasteiger charge is 2.38. The van der Waals surface area contributed by atoms with Crippen molar-refractivity contribution in [3.63, 3.8) is 0 Å². The van der Waals surface area contributed by atoms with E-state index in [1.807, 2.05) is 27.7 Å². The first-order valence-electron chi connectivity index (χ1n) is 12.1. The van der Waals surface area contributed by atoms with Crippen molar-refractivity contribution < 1.29 is 24.3 Å². The Balaban J connectivity index is 3.00. The second-order valence-electron chi connectivity index (χ2n) is 9.48. The summed E-state index contributed by atoms with van der Waals surface area (Å²) in [6.07, 6.45) is 3.75. The molecule has 0 aliphatic carbocycles. The van der Waals surface area contributed by atoms with E-state index in [1.165, 1.54) is 4.90 Å². The molecule has 1 rings (SSSR count). The van der Waals surface area contributed by atoms with E-state index in [1.54, 1.807) is 0 Å². The van der Waals surface area contributed by atoms with Gasteiger partial charge in [0.2, 0.25) is 17.7 Å². The molecular formula is C23H43N5O5. The quantitative estimate of drug-likeness (QED) is 0.232. The van der Waals surface area contributed by atoms with E-state index >= 15 is 0 Å². The number of nitrogens with zero attached hydrogens (tertiary/aromatic N) is 1. The van der Waals surface area contributed by atoms with Crippen molar-refractivity contribution in [3.8, 4) is 0 Å². The average Bonchev–Trinajstić information content (AvgIpc) is 3.26. The Kier molecular flexibility index (Phi) is 12.4. The van der Waals surface area contributed by atoms with Crippen molar-refractivity contribution in [2.24, 2.45) is 23.3 Å². The van der Waals surface area contributed by atoms with Crippen LogP contribution in [0.4, 0.5) is 0 Å². The molecule has 0 bridgehead atoms. The largest absolute Gasteiger partial charge is 0.480 e. The number of rotatable bonds is 14. The lowest BCUT2D eigenvalue weighted by atomic mass is 9.97. The summed E-state index contributed by atoms with van der Waals surface area (Å²) in [6.45, 7) is 8.49. The summed E-state index contributed by atoms with van der Waals surface area (Å²) in [4.78, 5) is 51.9. The van der Waals surface area contributed by atoms with Gasteiger partial charge in [-0.2, -0.15) is 0 Å². The van der Waals surface area contributed by atoms with Gasteiger partial charge in [0, 0.05) is 6.54 Å². The molecule has 1 aliphatic rings. The summed E-state index contributed by atoms with van der Waals surface area (Å²) in [6, 6.07) is -3.34. The number of likely N-dealkylation sites (tertiary alicyclic amines) is 1. The molecule has 5 unspecified atom stereocenters. The molecule has 5 atom stereocenters. The average molecular weight is 470 g/mol. The van der Waals surface area contributed by atoms with Gasteiger partial charge < -0.3 is 32.1 Å². The maximum Gasteiger partial charge on any atom is 0.326 e. The summed E-state index contributed by atoms with van der Waals surface area (Å²) in [5, 5.41) is 15.0. The molecule has 0 saturated carbocycles. The van der Waals surface area contributed by atoms with E-state index in [-0.39, 0.29) is 11.8 Å². The number of carbonyl (C=O) groups is 4. The Morgan fingerprint density at radius 2 is 1.70 bits per heavy atom. The van der Waals surface area contributed by atoms with E-state index in [2.05, 4.69) is 10.6 Å². The number of aliphatic carboxylic acids is 1. The van der Waals surface area contributed by atoms with Crippen LogP contribution in [0.5, 0.6) is 0 Å². The minimum atomic E-state index is -1.04. The SMILES string of the molecule is CCC(C)C(N)C(=O)NC(CC(C)C)C(=O)NC(CCCCN)C(=O)N1CCCC1C(=O)O. The third kappa shape index (κ3) is 8.92. The van der Waals surface area contributed by atoms with Crippen LogP contribution in [0.25, 0.3) is 0 Å². The number of nitrogens with two attached hydrogens (primary N) is 2. The molecule has 0 aromatic carbocycles. The summed E-state index contributed by atoms with van der Waals surface area (Å²) < 4.78 is 0. The van der Waals surface area contributed by atoms with Crippen LogP contribution >= 0.6 is 0 Å². The van der Waals surface area contributed by atoms with E-state index in [0.717, 1.165) is 6.42 Å². The molecule has 10 heteroatoms. The Bertz CT molecular complexity index is 672. The highest BCUT2D eigenvalue weighted by atomic mass is 16.4. The molecule has 1 fully saturated rings. The number of carbonyl (C=O) groups excluding carboxylic acids is 3. The molecule has 1 saturated heterocycles. The molecule has 0 aromatic rings. The second kappa shape index (κ2) is 14.1. The Hall–Kier alpha value is -2.20. The standard InChI is InChI=1S/C23H43N5O5/c1-5-15(4)19(25)21(30)27-17(13-14(2)3)20(29)26-16(9-6-7-11-24)22(31)28-12-8-10-18(28)23(32)33/h14-19H,5-13,24-25H2,1-4H3,(H,26,29)(H,27,30)(H,32,33). The fourth-order valence-corrected chi connectivity index (χ4v) is 3.99. The number of carboxylic acid groups (broad SMARTS) is 1. The molecule has 3 amide bonds. The van der Waals surface area contributed by atoms with Gasteiger partial charge in [-0.1, -0.05) is 34.1 Å². The summed E-state index contributed by atoms with van der Waals surface area (Å²) in [5.41, 5.74) is 11.6. The first-order valence-corrected chi connectivity index (χ1v) is 12.1. The normalized spacial score (nSPS) is 19.6. The number of nitrogens with one attached hydrogen (secondary N) is 2. The first kappa shape index (κ1) is 28.8. The molecule has 33 heavy (non-hydrogen) atoms. The van der Waals surface area contributed by atoms with Crippen molar-refractivity contribution in [2.75, 3.05) is 13.1 Å². The van der Waals surface area contributed by atoms with Gasteiger partial charge in [0.15, 0.2) is 0 Å². The van der Waals surface area contributed by atoms with Gasteiger partial charge in [0.25, 0.3) is 0 Å². The van der Waals surface area contributed by atoms with Crippen LogP contribution in [0, 0.1) is 11.8 Å². The number of carboxylic acids is 1. The van der Waals surface area contributed by atoms with Crippen LogP contribution in [0.3, 0.4) is 0 Å². The third-order valence-electron chi connectivity index (χ3n) is 6.28. The maximum atomic E-state index is 13.2. The molecule has 190 valence electrons. The van der Waals surface area contributed by atoms with Crippen LogP contribution in [0.1, 0.15) is 72.6 Å². The molecule has 0 aromatic heterocycles. The lowest BCUT2D eigenvalue weighted by Gasteiger charge is -2.29. The smallest absolute Gasteiger partial charge is 0.326 e. The van der Waals surface area contributed by atoms with Gasteiger partial charge in [-0.3, -0.25) is 14.4 Å². The molecule has 1 heterocycles. The molecule has 10 nitrogen and oxygen atoms in total. The minimum Gasteiger partial charge on any atom is -0.480 e. The Morgan fingerprint density at radius 1 is 1.06 bits per heavy atom. The van der Waals surface area contributed by atoms with Crippen molar-refractivity contribution in [3.05, 3.63) is 0 Å². The minimum absolute atomic E-state index is 0.0403. The monoisotopic (exact) mass is 469 g/mol. The van der Waals surface area contributed by atoms with E-state index in [4.69, 9.17) is 11.5 Å². The second-order valence-corrected chi connectivity index (χ2v) is 9.48. The number of hydrogen-bond acceptors (Lipinski definition) is 6. The van der Waals surface area contributed by atoms with Crippen LogP contribution in [0.15, 0.2) is 0 Å². The lowest BCUT2D eigenvalue weighted by Crippen LogP contribution is -2.57. The Morgan fingerprint density at radius 3 is 2.24 bits per heavy atom. The van der Waals surface area contributed by atoms with Gasteiger partial charge in [0.1, 0.15) is 18.1 Å². The zero-order chi connectivity index (χ0) is 25.1. The molecule has 1 aliphatic heterocycles. The summed E-state index contributed by atoms with van der Waals surface area (Å²) >= 11 is 0. The van der Waals surface area contributed by atoms with Gasteiger partial charge >= 0.3 is 5.97 Å². The Labute approximate surface area is 197 Å². The zero-order valence-corrected chi connectivity index (χ0v) is 20.5. The topological polar surface area (TPSA) is 168 Å². The van der Waals surface area contributed by atoms with Crippen LogP contribution in [0.2, 0.25) is 0 Å². The van der Waals surface area contributed by atoms with Gasteiger partial charge in [0.05, 0.1) is 6.04 Å². The van der Waals surface area contributed by atoms with Gasteiger partial charge in [-0.15, -0.1) is 0 Å². The summed E-state index contributed by atoms with van der Waals surface area (Å²) in [5.74, 6) is -2.25. The molecular weight excluding hydrogens is 426 g/mol. The van der Waals surface area contributed by atoms with Crippen LogP contribution in [-0.2, 0) is 19.2 Å². The molecule has 7 N–H and O–H groups in total. The van der Waals surface area contributed by atoms with E-state index < -0.39 is 47.9 Å². The fourth-order valence-electron chi connectivity index (χ4n) is 3.99. The van der Waals surface area contributed by atoms with Crippen molar-refractivity contribution in [1.29, 1.82) is 0 Å². The van der Waals surface area contributed by atoms with Crippen molar-refractivity contribution in [1.82, 2.24) is 15.5 Å². The van der Waals surface area contributed by atoms with Gasteiger partial charge in [-0.25, -0.2) is 4.79 Å². The van der Waals surface area contributed by atoms with Crippen LogP contribution in [-0.4, -0.2) is 71.0 Å². The van der Waals surface area contributed by atoms with Gasteiger partial charge in [-0.05, 0) is 56.9 Å². The maximum absolute atomic E-state index is 13.2. The number of unbranched alkanes of at least 4 members (excludes halogenated alkanes) is 1. The zero-order valence-electron chi connectivity index (χ0n) is 20.5. The van der Waals surface area contributed by atoms with Crippen molar-refractivity contribution >= 4 is 23.7 Å². The first-order chi connectivity index (χ1) is 15.5. The number of hydrogen-bond donors (Lipinski definition) is 5. The van der Waals surface area contributed by atoms with E-state index in [0.29, 0.717) is 51.6 Å². The number of amides is 3. The fraction of sp³-hybridized carbons (Fsp3) is 0.826. The molecule has 0 spiro atoms. The van der Waals surface area contributed by atoms with Crippen molar-refractivity contribution in [2.45, 2.75) is 96.8 Å². The highest BCUT2D eigenvalue weighted by Crippen LogP contribution is 2.20. The lowest BCUT2D eigenvalue weighted by molar-refractivity contribution is -0.149. The van der Waals surface area contributed by atoms with E-state index in [9.17, 15) is 24.3 Å². The summed E-state index contributed by atoms with van der Waals surface area (Å²) in [7, 11) is 0. The highest BCUT2D eigenvalue weighted by molar-refractivity contribution is 5.94. The predicted octanol–water partition coefficient (Wildman–Crippen LogP) is 0.580. The molecule has 0 radical (unpaired) electrons. The third-order valence-corrected chi connectivity index (χ3v) is 6.28. The van der Waals surface area contributed by atoms with Crippen LogP contribution < -0.4 is 22.1 Å². The predicted molar refractivity (Wildman–Crippen MR) is 126 cm³/mol.